The largest absolute Gasteiger partial charge is 0.393 e. The van der Waals surface area contributed by atoms with Gasteiger partial charge in [-0.3, -0.25) is 14.9 Å². The number of hydrogen-bond acceptors (Lipinski definition) is 4. The summed E-state index contributed by atoms with van der Waals surface area (Å²) in [5.74, 6) is -0.324. The second-order valence-corrected chi connectivity index (χ2v) is 5.61. The fourth-order valence-corrected chi connectivity index (χ4v) is 2.31. The molecule has 0 aliphatic carbocycles. The van der Waals surface area contributed by atoms with Crippen LogP contribution in [0.25, 0.3) is 0 Å². The quantitative estimate of drug-likeness (QED) is 0.525. The minimum absolute atomic E-state index is 0.0277. The van der Waals surface area contributed by atoms with Crippen LogP contribution < -0.4 is 5.73 Å². The molecule has 0 spiro atoms. The number of anilines is 1. The monoisotopic (exact) mass is 333 g/mol. The van der Waals surface area contributed by atoms with E-state index in [1.165, 1.54) is 23.1 Å². The Hall–Kier alpha value is -2.60. The van der Waals surface area contributed by atoms with Gasteiger partial charge < -0.3 is 10.6 Å². The highest BCUT2D eigenvalue weighted by Gasteiger charge is 2.22. The summed E-state index contributed by atoms with van der Waals surface area (Å²) in [6, 6.07) is 11.0. The Morgan fingerprint density at radius 1 is 1.26 bits per heavy atom. The number of carbonyl (C=O) groups is 1. The lowest BCUT2D eigenvalue weighted by Crippen LogP contribution is -2.29. The fraction of sp³-hybridized carbons (Fsp3) is 0.188. The summed E-state index contributed by atoms with van der Waals surface area (Å²) in [4.78, 5) is 24.4. The zero-order chi connectivity index (χ0) is 17.1. The van der Waals surface area contributed by atoms with E-state index in [0.29, 0.717) is 5.02 Å². The Kier molecular flexibility index (Phi) is 4.86. The van der Waals surface area contributed by atoms with Crippen LogP contribution in [-0.2, 0) is 0 Å². The molecule has 0 aliphatic heterocycles. The summed E-state index contributed by atoms with van der Waals surface area (Å²) >= 11 is 5.86. The third kappa shape index (κ3) is 3.60. The maximum atomic E-state index is 12.5. The summed E-state index contributed by atoms with van der Waals surface area (Å²) in [5.41, 5.74) is 6.43. The van der Waals surface area contributed by atoms with Gasteiger partial charge in [0.2, 0.25) is 0 Å². The van der Waals surface area contributed by atoms with Crippen molar-refractivity contribution in [3.05, 3.63) is 68.7 Å². The van der Waals surface area contributed by atoms with Crippen molar-refractivity contribution < 1.29 is 9.72 Å². The first-order valence-corrected chi connectivity index (χ1v) is 7.25. The van der Waals surface area contributed by atoms with Gasteiger partial charge in [0.15, 0.2) is 0 Å². The third-order valence-corrected chi connectivity index (χ3v) is 3.98. The van der Waals surface area contributed by atoms with Crippen molar-refractivity contribution in [1.82, 2.24) is 4.90 Å². The van der Waals surface area contributed by atoms with Gasteiger partial charge in [0.05, 0.1) is 11.0 Å². The molecule has 2 aromatic carbocycles. The fourth-order valence-electron chi connectivity index (χ4n) is 2.18. The Labute approximate surface area is 138 Å². The molecule has 2 N–H and O–H groups in total. The van der Waals surface area contributed by atoms with Gasteiger partial charge in [-0.15, -0.1) is 0 Å². The highest BCUT2D eigenvalue weighted by molar-refractivity contribution is 6.30. The van der Waals surface area contributed by atoms with E-state index < -0.39 is 4.92 Å². The van der Waals surface area contributed by atoms with Crippen LogP contribution in [0.1, 0.15) is 28.9 Å². The van der Waals surface area contributed by atoms with Crippen molar-refractivity contribution in [1.29, 1.82) is 0 Å². The molecule has 0 aromatic heterocycles. The number of nitro benzene ring substituents is 1. The maximum Gasteiger partial charge on any atom is 0.292 e. The van der Waals surface area contributed by atoms with E-state index in [1.54, 1.807) is 19.2 Å². The number of nitrogen functional groups attached to an aromatic ring is 1. The minimum Gasteiger partial charge on any atom is -0.393 e. The van der Waals surface area contributed by atoms with E-state index >= 15 is 0 Å². The van der Waals surface area contributed by atoms with Gasteiger partial charge in [-0.2, -0.15) is 0 Å². The van der Waals surface area contributed by atoms with E-state index in [-0.39, 0.29) is 28.9 Å². The molecule has 0 heterocycles. The molecule has 2 aromatic rings. The summed E-state index contributed by atoms with van der Waals surface area (Å²) in [6.07, 6.45) is 0. The maximum absolute atomic E-state index is 12.5. The Bertz CT molecular complexity index is 747. The van der Waals surface area contributed by atoms with Crippen molar-refractivity contribution in [3.8, 4) is 0 Å². The van der Waals surface area contributed by atoms with E-state index in [4.69, 9.17) is 17.3 Å². The molecule has 1 unspecified atom stereocenters. The molecule has 2 rings (SSSR count). The predicted molar refractivity (Wildman–Crippen MR) is 89.5 cm³/mol. The molecule has 1 atom stereocenters. The van der Waals surface area contributed by atoms with Gasteiger partial charge >= 0.3 is 0 Å². The summed E-state index contributed by atoms with van der Waals surface area (Å²) in [6.45, 7) is 1.87. The van der Waals surface area contributed by atoms with Crippen molar-refractivity contribution >= 4 is 28.9 Å². The van der Waals surface area contributed by atoms with Crippen LogP contribution in [0.4, 0.5) is 11.4 Å². The molecule has 0 fully saturated rings. The van der Waals surface area contributed by atoms with Gasteiger partial charge in [0.25, 0.3) is 11.6 Å². The molecule has 23 heavy (non-hydrogen) atoms. The summed E-state index contributed by atoms with van der Waals surface area (Å²) < 4.78 is 0. The summed E-state index contributed by atoms with van der Waals surface area (Å²) in [7, 11) is 1.64. The number of nitrogens with two attached hydrogens (primary N) is 1. The number of halogens is 1. The van der Waals surface area contributed by atoms with Gasteiger partial charge in [-0.25, -0.2) is 0 Å². The highest BCUT2D eigenvalue weighted by atomic mass is 35.5. The Morgan fingerprint density at radius 3 is 2.43 bits per heavy atom. The number of nitro groups is 1. The predicted octanol–water partition coefficient (Wildman–Crippen LogP) is 3.66. The van der Waals surface area contributed by atoms with E-state index in [2.05, 4.69) is 0 Å². The molecule has 0 saturated heterocycles. The molecular formula is C16H16ClN3O3. The lowest BCUT2D eigenvalue weighted by Gasteiger charge is -2.25. The lowest BCUT2D eigenvalue weighted by atomic mass is 10.1. The zero-order valence-corrected chi connectivity index (χ0v) is 13.4. The lowest BCUT2D eigenvalue weighted by molar-refractivity contribution is -0.383. The van der Waals surface area contributed by atoms with Crippen molar-refractivity contribution in [2.24, 2.45) is 0 Å². The van der Waals surface area contributed by atoms with Gasteiger partial charge in [-0.05, 0) is 36.8 Å². The normalized spacial score (nSPS) is 11.8. The van der Waals surface area contributed by atoms with Crippen LogP contribution >= 0.6 is 11.6 Å². The van der Waals surface area contributed by atoms with Crippen molar-refractivity contribution in [3.63, 3.8) is 0 Å². The van der Waals surface area contributed by atoms with Gasteiger partial charge in [0, 0.05) is 23.7 Å². The highest BCUT2D eigenvalue weighted by Crippen LogP contribution is 2.26. The topological polar surface area (TPSA) is 89.5 Å². The molecule has 1 amide bonds. The number of carbonyl (C=O) groups excluding carboxylic acids is 1. The van der Waals surface area contributed by atoms with Crippen molar-refractivity contribution in [2.45, 2.75) is 13.0 Å². The van der Waals surface area contributed by atoms with Gasteiger partial charge in [-0.1, -0.05) is 23.7 Å². The summed E-state index contributed by atoms with van der Waals surface area (Å²) in [5, 5.41) is 11.6. The number of amides is 1. The van der Waals surface area contributed by atoms with E-state index in [1.807, 2.05) is 19.1 Å². The van der Waals surface area contributed by atoms with E-state index in [9.17, 15) is 14.9 Å². The number of benzene rings is 2. The SMILES string of the molecule is CC(c1ccc(Cl)cc1)N(C)C(=O)c1ccc(N)c([N+](=O)[O-])c1. The molecule has 0 bridgehead atoms. The van der Waals surface area contributed by atoms with E-state index in [0.717, 1.165) is 5.56 Å². The molecule has 120 valence electrons. The van der Waals surface area contributed by atoms with Gasteiger partial charge in [0.1, 0.15) is 5.69 Å². The third-order valence-electron chi connectivity index (χ3n) is 3.73. The Morgan fingerprint density at radius 2 is 1.87 bits per heavy atom. The first-order valence-electron chi connectivity index (χ1n) is 6.87. The van der Waals surface area contributed by atoms with Crippen LogP contribution in [0.15, 0.2) is 42.5 Å². The number of nitrogens with zero attached hydrogens (tertiary/aromatic N) is 2. The molecular weight excluding hydrogens is 318 g/mol. The second-order valence-electron chi connectivity index (χ2n) is 5.17. The second kappa shape index (κ2) is 6.66. The molecule has 6 nitrogen and oxygen atoms in total. The average molecular weight is 334 g/mol. The number of hydrogen-bond donors (Lipinski definition) is 1. The zero-order valence-electron chi connectivity index (χ0n) is 12.7. The standard InChI is InChI=1S/C16H16ClN3O3/c1-10(11-3-6-13(17)7-4-11)19(2)16(21)12-5-8-14(18)15(9-12)20(22)23/h3-10H,18H2,1-2H3. The van der Waals surface area contributed by atoms with Crippen LogP contribution in [0, 0.1) is 10.1 Å². The number of rotatable bonds is 4. The van der Waals surface area contributed by atoms with Crippen LogP contribution in [0.2, 0.25) is 5.02 Å². The first-order chi connectivity index (χ1) is 10.8. The molecule has 0 saturated carbocycles. The Balaban J connectivity index is 2.27. The van der Waals surface area contributed by atoms with Crippen molar-refractivity contribution in [2.75, 3.05) is 12.8 Å². The molecule has 0 radical (unpaired) electrons. The van der Waals surface area contributed by atoms with Crippen LogP contribution in [-0.4, -0.2) is 22.8 Å². The first kappa shape index (κ1) is 16.8. The van der Waals surface area contributed by atoms with Crippen LogP contribution in [0.3, 0.4) is 0 Å². The molecule has 7 heteroatoms. The molecule has 0 aliphatic rings. The minimum atomic E-state index is -0.602. The smallest absolute Gasteiger partial charge is 0.292 e. The van der Waals surface area contributed by atoms with Crippen LogP contribution in [0.5, 0.6) is 0 Å². The average Bonchev–Trinajstić information content (AvgIpc) is 2.53.